The number of aliphatic imine (C=N–C) groups is 2. The van der Waals surface area contributed by atoms with Crippen LogP contribution in [0, 0.1) is 13.8 Å². The zero-order valence-electron chi connectivity index (χ0n) is 29.8. The zero-order chi connectivity index (χ0) is 39.9. The van der Waals surface area contributed by atoms with Gasteiger partial charge in [0, 0.05) is 35.0 Å². The molecule has 1 aliphatic heterocycles. The summed E-state index contributed by atoms with van der Waals surface area (Å²) in [5.41, 5.74) is 2.71. The van der Waals surface area contributed by atoms with Crippen LogP contribution in [0.4, 0.5) is 11.4 Å². The summed E-state index contributed by atoms with van der Waals surface area (Å²) in [5, 5.41) is 19.8. The highest BCUT2D eigenvalue weighted by Gasteiger charge is 2.30. The third-order valence-corrected chi connectivity index (χ3v) is 11.0. The quantitative estimate of drug-likeness (QED) is 0.0877. The van der Waals surface area contributed by atoms with E-state index in [0.717, 1.165) is 12.5 Å². The number of nitrogens with zero attached hydrogens (tertiary/aromatic N) is 6. The van der Waals surface area contributed by atoms with E-state index >= 15 is 0 Å². The summed E-state index contributed by atoms with van der Waals surface area (Å²) in [6.07, 6.45) is 4.95. The number of ether oxygens (including phenoxy) is 3. The molecule has 0 aliphatic carbocycles. The molecule has 2 aromatic heterocycles. The largest absolute Gasteiger partial charge is 0.420 e. The van der Waals surface area contributed by atoms with Gasteiger partial charge in [-0.25, -0.2) is 22.1 Å². The van der Waals surface area contributed by atoms with Crippen molar-refractivity contribution in [1.82, 2.24) is 19.6 Å². The van der Waals surface area contributed by atoms with E-state index in [1.54, 1.807) is 62.4 Å². The van der Waals surface area contributed by atoms with E-state index in [2.05, 4.69) is 20.0 Å². The molecule has 3 heterocycles. The minimum absolute atomic E-state index is 0.000488. The van der Waals surface area contributed by atoms with Gasteiger partial charge in [0.2, 0.25) is 11.8 Å². The maximum Gasteiger partial charge on any atom is 0.409 e. The van der Waals surface area contributed by atoms with Crippen molar-refractivity contribution in [3.8, 4) is 34.6 Å². The van der Waals surface area contributed by atoms with Crippen molar-refractivity contribution in [2.75, 3.05) is 12.5 Å². The lowest BCUT2D eigenvalue weighted by molar-refractivity contribution is -0.145. The summed E-state index contributed by atoms with van der Waals surface area (Å²) in [6, 6.07) is 21.6. The molecule has 1 N–H and O–H groups in total. The van der Waals surface area contributed by atoms with E-state index in [1.165, 1.54) is 58.2 Å². The number of hydrogen-bond acceptors (Lipinski definition) is 13. The van der Waals surface area contributed by atoms with Gasteiger partial charge in [0.15, 0.2) is 31.2 Å². The number of hydrogen-bond donors (Lipinski definition) is 1. The summed E-state index contributed by atoms with van der Waals surface area (Å²) in [5.74, 6) is 0.136. The minimum Gasteiger partial charge on any atom is -0.420 e. The van der Waals surface area contributed by atoms with Gasteiger partial charge in [0.1, 0.15) is 11.4 Å². The highest BCUT2D eigenvalue weighted by molar-refractivity contribution is 7.91. The third kappa shape index (κ3) is 7.98. The summed E-state index contributed by atoms with van der Waals surface area (Å²) in [7, 11) is -7.29. The van der Waals surface area contributed by atoms with Crippen molar-refractivity contribution in [2.24, 2.45) is 9.98 Å². The second-order valence-electron chi connectivity index (χ2n) is 12.4. The Morgan fingerprint density at radius 3 is 2.07 bits per heavy atom. The van der Waals surface area contributed by atoms with E-state index in [9.17, 15) is 22.1 Å². The van der Waals surface area contributed by atoms with Gasteiger partial charge in [-0.3, -0.25) is 9.98 Å². The number of fused-ring (bicyclic) bond motifs is 2. The van der Waals surface area contributed by atoms with Crippen molar-refractivity contribution in [2.45, 2.75) is 30.1 Å². The molecule has 1 aliphatic rings. The Morgan fingerprint density at radius 1 is 0.804 bits per heavy atom. The predicted molar refractivity (Wildman–Crippen MR) is 209 cm³/mol. The van der Waals surface area contributed by atoms with E-state index < -0.39 is 26.2 Å². The molecule has 0 radical (unpaired) electrons. The molecule has 0 bridgehead atoms. The van der Waals surface area contributed by atoms with E-state index in [4.69, 9.17) is 42.5 Å². The maximum atomic E-state index is 12.5. The lowest BCUT2D eigenvalue weighted by Crippen LogP contribution is -2.32. The molecule has 0 fully saturated rings. The molecule has 0 amide bonds. The predicted octanol–water partition coefficient (Wildman–Crippen LogP) is 7.28. The van der Waals surface area contributed by atoms with Crippen molar-refractivity contribution in [3.05, 3.63) is 117 Å². The van der Waals surface area contributed by atoms with Crippen LogP contribution in [0.1, 0.15) is 22.5 Å². The van der Waals surface area contributed by atoms with Gasteiger partial charge in [0.05, 0.1) is 43.7 Å². The monoisotopic (exact) mass is 836 g/mol. The third-order valence-electron chi connectivity index (χ3n) is 8.35. The van der Waals surface area contributed by atoms with Crippen LogP contribution >= 0.6 is 23.2 Å². The average molecular weight is 838 g/mol. The van der Waals surface area contributed by atoms with E-state index in [0.29, 0.717) is 38.4 Å². The van der Waals surface area contributed by atoms with Crippen LogP contribution in [0.15, 0.2) is 105 Å². The van der Waals surface area contributed by atoms with E-state index in [1.807, 2.05) is 0 Å². The molecule has 0 spiro atoms. The summed E-state index contributed by atoms with van der Waals surface area (Å²) in [4.78, 5) is 13.5. The second kappa shape index (κ2) is 15.1. The Morgan fingerprint density at radius 2 is 1.43 bits per heavy atom. The van der Waals surface area contributed by atoms with E-state index in [-0.39, 0.29) is 50.0 Å². The summed E-state index contributed by atoms with van der Waals surface area (Å²) >= 11 is 12.8. The van der Waals surface area contributed by atoms with Gasteiger partial charge in [-0.05, 0) is 86.6 Å². The topological polar surface area (TPSA) is 186 Å². The average Bonchev–Trinajstić information content (AvgIpc) is 3.64. The Hall–Kier alpha value is -5.72. The molecule has 0 saturated heterocycles. The first-order valence-corrected chi connectivity index (χ1v) is 20.9. The second-order valence-corrected chi connectivity index (χ2v) is 17.3. The molecule has 4 aromatic carbocycles. The van der Waals surface area contributed by atoms with Crippen molar-refractivity contribution in [3.63, 3.8) is 0 Å². The fourth-order valence-electron chi connectivity index (χ4n) is 5.59. The molecular weight excluding hydrogens is 807 g/mol. The molecule has 288 valence electrons. The molecule has 15 nitrogen and oxygen atoms in total. The molecule has 1 atom stereocenters. The highest BCUT2D eigenvalue weighted by Crippen LogP contribution is 2.37. The molecule has 1 unspecified atom stereocenters. The first-order valence-electron chi connectivity index (χ1n) is 16.4. The normalized spacial score (nSPS) is 14.2. The van der Waals surface area contributed by atoms with Crippen molar-refractivity contribution >= 4 is 66.7 Å². The standard InChI is InChI=1S/C37H30Cl2N6O9S2/c1-21-29-19-40-31-17-27(55(3,47)48)11-13-33(31)51-37(52-35(29)44(42-21)25-9-5-7-23(38)15-25)53-36-30(22(2)43-45(36)26-10-6-8-24(39)16-26)20-41-32-18-28(56(4,49)50)12-14-34(32)54-46/h5-20,37,46H,1-4H3. The molecule has 0 saturated carbocycles. The Bertz CT molecular complexity index is 2800. The van der Waals surface area contributed by atoms with Gasteiger partial charge in [-0.2, -0.15) is 19.6 Å². The molecule has 19 heteroatoms. The summed E-state index contributed by atoms with van der Waals surface area (Å²) < 4.78 is 72.2. The highest BCUT2D eigenvalue weighted by atomic mass is 35.5. The Balaban J connectivity index is 1.41. The van der Waals surface area contributed by atoms with Crippen LogP contribution in [-0.2, 0) is 19.7 Å². The molecule has 56 heavy (non-hydrogen) atoms. The first kappa shape index (κ1) is 38.6. The minimum atomic E-state index is -3.65. The fourth-order valence-corrected chi connectivity index (χ4v) is 7.24. The smallest absolute Gasteiger partial charge is 0.409 e. The van der Waals surface area contributed by atoms with Crippen molar-refractivity contribution in [1.29, 1.82) is 0 Å². The van der Waals surface area contributed by atoms with Crippen LogP contribution in [0.5, 0.6) is 23.3 Å². The lowest BCUT2D eigenvalue weighted by atomic mass is 10.2. The fraction of sp³-hybridized carbons (Fsp3) is 0.135. The van der Waals surface area contributed by atoms with Gasteiger partial charge >= 0.3 is 6.48 Å². The van der Waals surface area contributed by atoms with Gasteiger partial charge in [-0.15, -0.1) is 0 Å². The molecule has 6 aromatic rings. The summed E-state index contributed by atoms with van der Waals surface area (Å²) in [6.45, 7) is 1.77. The SMILES string of the molecule is Cc1nn(-c2cccc(Cl)c2)c(OC2Oc3ccc(S(C)(=O)=O)cc3N=Cc3c(C)nn(-c4cccc(Cl)c4)c3O2)c1C=Nc1cc(S(C)(=O)=O)ccc1OO. The van der Waals surface area contributed by atoms with Crippen molar-refractivity contribution < 1.29 is 41.2 Å². The van der Waals surface area contributed by atoms with Crippen LogP contribution < -0.4 is 19.1 Å². The van der Waals surface area contributed by atoms with Crippen LogP contribution in [0.3, 0.4) is 0 Å². The number of halogens is 2. The molecular formula is C37H30Cl2N6O9S2. The first-order chi connectivity index (χ1) is 26.6. The molecule has 7 rings (SSSR count). The van der Waals surface area contributed by atoms with Crippen LogP contribution in [0.2, 0.25) is 10.0 Å². The van der Waals surface area contributed by atoms with Gasteiger partial charge < -0.3 is 19.1 Å². The number of aryl methyl sites for hydroxylation is 2. The number of aromatic nitrogens is 4. The number of sulfone groups is 2. The zero-order valence-corrected chi connectivity index (χ0v) is 32.9. The Labute approximate surface area is 330 Å². The Kier molecular flexibility index (Phi) is 10.4. The van der Waals surface area contributed by atoms with Gasteiger partial charge in [0.25, 0.3) is 0 Å². The lowest BCUT2D eigenvalue weighted by Gasteiger charge is -2.22. The maximum absolute atomic E-state index is 12.5. The number of rotatable bonds is 9. The van der Waals surface area contributed by atoms with Crippen LogP contribution in [-0.4, -0.2) is 73.1 Å². The number of benzene rings is 4. The van der Waals surface area contributed by atoms with Gasteiger partial charge in [-0.1, -0.05) is 35.3 Å². The van der Waals surface area contributed by atoms with Crippen LogP contribution in [0.25, 0.3) is 11.4 Å².